The van der Waals surface area contributed by atoms with Gasteiger partial charge < -0.3 is 0 Å². The molecule has 0 spiro atoms. The molecular formula is C15H13ClN2O2. The number of nitrogens with one attached hydrogen (secondary N) is 1. The minimum absolute atomic E-state index is 0.114. The van der Waals surface area contributed by atoms with E-state index in [-0.39, 0.29) is 35.5 Å². The molecule has 4 nitrogen and oxygen atoms in total. The van der Waals surface area contributed by atoms with E-state index in [0.29, 0.717) is 10.7 Å². The lowest BCUT2D eigenvalue weighted by Gasteiger charge is -2.19. The minimum Gasteiger partial charge on any atom is -0.289 e. The third-order valence-electron chi connectivity index (χ3n) is 4.54. The summed E-state index contributed by atoms with van der Waals surface area (Å²) in [6, 6.07) is 7.01. The molecule has 102 valence electrons. The summed E-state index contributed by atoms with van der Waals surface area (Å²) in [5.41, 5.74) is 3.55. The second-order valence-corrected chi connectivity index (χ2v) is 6.07. The van der Waals surface area contributed by atoms with Crippen molar-refractivity contribution in [1.82, 2.24) is 5.01 Å². The number of anilines is 1. The Hall–Kier alpha value is -1.81. The molecule has 1 heterocycles. The summed E-state index contributed by atoms with van der Waals surface area (Å²) in [5, 5.41) is 1.74. The molecule has 1 saturated heterocycles. The third kappa shape index (κ3) is 1.54. The zero-order valence-corrected chi connectivity index (χ0v) is 11.4. The molecule has 2 aliphatic carbocycles. The van der Waals surface area contributed by atoms with Crippen molar-refractivity contribution >= 4 is 29.1 Å². The van der Waals surface area contributed by atoms with Gasteiger partial charge in [0.25, 0.3) is 11.8 Å². The Morgan fingerprint density at radius 1 is 1.10 bits per heavy atom. The molecule has 1 aromatic carbocycles. The standard InChI is InChI=1S/C15H13ClN2O2/c16-10-2-1-3-11(7-10)17-18-14(19)12-8-4-5-9(6-8)13(12)15(18)20/h1-5,7-9,12-13,17H,6H2/t8?,9?,12-,13+. The van der Waals surface area contributed by atoms with E-state index in [1.807, 2.05) is 0 Å². The molecular weight excluding hydrogens is 276 g/mol. The number of imide groups is 1. The first kappa shape index (κ1) is 12.0. The van der Waals surface area contributed by atoms with Crippen molar-refractivity contribution in [1.29, 1.82) is 0 Å². The Bertz CT molecular complexity index is 613. The molecule has 0 aromatic heterocycles. The van der Waals surface area contributed by atoms with Crippen LogP contribution in [0, 0.1) is 23.7 Å². The molecule has 1 N–H and O–H groups in total. The van der Waals surface area contributed by atoms with Gasteiger partial charge in [0, 0.05) is 5.02 Å². The van der Waals surface area contributed by atoms with Crippen LogP contribution in [0.3, 0.4) is 0 Å². The van der Waals surface area contributed by atoms with Crippen LogP contribution in [0.5, 0.6) is 0 Å². The number of hydrogen-bond donors (Lipinski definition) is 1. The molecule has 2 unspecified atom stereocenters. The predicted molar refractivity (Wildman–Crippen MR) is 74.6 cm³/mol. The number of carbonyl (C=O) groups excluding carboxylic acids is 2. The molecule has 2 amide bonds. The van der Waals surface area contributed by atoms with E-state index in [4.69, 9.17) is 11.6 Å². The fourth-order valence-electron chi connectivity index (χ4n) is 3.70. The van der Waals surface area contributed by atoms with E-state index in [1.54, 1.807) is 24.3 Å². The van der Waals surface area contributed by atoms with Crippen LogP contribution in [0.4, 0.5) is 5.69 Å². The summed E-state index contributed by atoms with van der Waals surface area (Å²) in [6.45, 7) is 0. The monoisotopic (exact) mass is 288 g/mol. The van der Waals surface area contributed by atoms with E-state index in [1.165, 1.54) is 5.01 Å². The number of fused-ring (bicyclic) bond motifs is 5. The number of hydrazine groups is 1. The fraction of sp³-hybridized carbons (Fsp3) is 0.333. The van der Waals surface area contributed by atoms with Gasteiger partial charge in [-0.2, -0.15) is 5.01 Å². The van der Waals surface area contributed by atoms with E-state index in [0.717, 1.165) is 6.42 Å². The van der Waals surface area contributed by atoms with Crippen molar-refractivity contribution in [3.05, 3.63) is 41.4 Å². The fourth-order valence-corrected chi connectivity index (χ4v) is 3.89. The van der Waals surface area contributed by atoms with Gasteiger partial charge in [-0.1, -0.05) is 29.8 Å². The van der Waals surface area contributed by atoms with Gasteiger partial charge in [-0.05, 0) is 36.5 Å². The number of allylic oxidation sites excluding steroid dienone is 2. The number of halogens is 1. The lowest BCUT2D eigenvalue weighted by Crippen LogP contribution is -2.37. The number of amides is 2. The molecule has 4 atom stereocenters. The molecule has 2 bridgehead atoms. The maximum absolute atomic E-state index is 12.5. The molecule has 1 saturated carbocycles. The maximum Gasteiger partial charge on any atom is 0.252 e. The number of benzene rings is 1. The predicted octanol–water partition coefficient (Wildman–Crippen LogP) is 2.47. The van der Waals surface area contributed by atoms with Crippen LogP contribution in [-0.2, 0) is 9.59 Å². The largest absolute Gasteiger partial charge is 0.289 e. The highest BCUT2D eigenvalue weighted by Crippen LogP contribution is 2.52. The summed E-state index contributed by atoms with van der Waals surface area (Å²) >= 11 is 5.92. The second kappa shape index (κ2) is 4.09. The van der Waals surface area contributed by atoms with Crippen molar-refractivity contribution in [2.45, 2.75) is 6.42 Å². The molecule has 0 radical (unpaired) electrons. The summed E-state index contributed by atoms with van der Waals surface area (Å²) < 4.78 is 0. The zero-order chi connectivity index (χ0) is 13.9. The zero-order valence-electron chi connectivity index (χ0n) is 10.6. The molecule has 1 aromatic rings. The summed E-state index contributed by atoms with van der Waals surface area (Å²) in [7, 11) is 0. The average molecular weight is 289 g/mol. The van der Waals surface area contributed by atoms with Gasteiger partial charge in [-0.3, -0.25) is 15.0 Å². The van der Waals surface area contributed by atoms with Crippen LogP contribution in [0.25, 0.3) is 0 Å². The van der Waals surface area contributed by atoms with Crippen molar-refractivity contribution in [3.63, 3.8) is 0 Å². The molecule has 20 heavy (non-hydrogen) atoms. The number of hydrogen-bond acceptors (Lipinski definition) is 3. The van der Waals surface area contributed by atoms with Crippen LogP contribution in [0.1, 0.15) is 6.42 Å². The number of carbonyl (C=O) groups is 2. The van der Waals surface area contributed by atoms with Gasteiger partial charge in [0.2, 0.25) is 0 Å². The van der Waals surface area contributed by atoms with Gasteiger partial charge in [0.15, 0.2) is 0 Å². The summed E-state index contributed by atoms with van der Waals surface area (Å²) in [5.74, 6) is -0.123. The lowest BCUT2D eigenvalue weighted by atomic mass is 9.85. The van der Waals surface area contributed by atoms with Gasteiger partial charge >= 0.3 is 0 Å². The first-order chi connectivity index (χ1) is 9.65. The van der Waals surface area contributed by atoms with Crippen LogP contribution in [0.15, 0.2) is 36.4 Å². The summed E-state index contributed by atoms with van der Waals surface area (Å²) in [4.78, 5) is 24.9. The maximum atomic E-state index is 12.5. The van der Waals surface area contributed by atoms with Gasteiger partial charge in [-0.25, -0.2) is 0 Å². The highest BCUT2D eigenvalue weighted by atomic mass is 35.5. The Morgan fingerprint density at radius 3 is 2.35 bits per heavy atom. The molecule has 3 aliphatic rings. The summed E-state index contributed by atoms with van der Waals surface area (Å²) in [6.07, 6.45) is 5.11. The minimum atomic E-state index is -0.177. The van der Waals surface area contributed by atoms with Crippen LogP contribution < -0.4 is 5.43 Å². The molecule has 1 aliphatic heterocycles. The van der Waals surface area contributed by atoms with Gasteiger partial charge in [0.05, 0.1) is 17.5 Å². The van der Waals surface area contributed by atoms with Gasteiger partial charge in [0.1, 0.15) is 0 Å². The van der Waals surface area contributed by atoms with Crippen molar-refractivity contribution in [2.24, 2.45) is 23.7 Å². The van der Waals surface area contributed by atoms with Crippen LogP contribution >= 0.6 is 11.6 Å². The topological polar surface area (TPSA) is 49.4 Å². The molecule has 4 rings (SSSR count). The third-order valence-corrected chi connectivity index (χ3v) is 4.77. The number of nitrogens with zero attached hydrogens (tertiary/aromatic N) is 1. The van der Waals surface area contributed by atoms with Crippen molar-refractivity contribution in [2.75, 3.05) is 5.43 Å². The Labute approximate surface area is 121 Å². The van der Waals surface area contributed by atoms with E-state index < -0.39 is 0 Å². The first-order valence-corrected chi connectivity index (χ1v) is 7.11. The van der Waals surface area contributed by atoms with Crippen molar-refractivity contribution in [3.8, 4) is 0 Å². The molecule has 5 heteroatoms. The lowest BCUT2D eigenvalue weighted by molar-refractivity contribution is -0.139. The Balaban J connectivity index is 1.62. The van der Waals surface area contributed by atoms with E-state index >= 15 is 0 Å². The quantitative estimate of drug-likeness (QED) is 0.672. The highest BCUT2D eigenvalue weighted by Gasteiger charge is 2.59. The van der Waals surface area contributed by atoms with Crippen molar-refractivity contribution < 1.29 is 9.59 Å². The average Bonchev–Trinajstić information content (AvgIpc) is 3.09. The van der Waals surface area contributed by atoms with E-state index in [2.05, 4.69) is 17.6 Å². The normalized spacial score (nSPS) is 34.0. The van der Waals surface area contributed by atoms with Crippen LogP contribution in [-0.4, -0.2) is 16.8 Å². The highest BCUT2D eigenvalue weighted by molar-refractivity contribution is 6.30. The molecule has 2 fully saturated rings. The smallest absolute Gasteiger partial charge is 0.252 e. The van der Waals surface area contributed by atoms with Gasteiger partial charge in [-0.15, -0.1) is 0 Å². The van der Waals surface area contributed by atoms with Crippen LogP contribution in [0.2, 0.25) is 5.02 Å². The Morgan fingerprint density at radius 2 is 1.75 bits per heavy atom. The first-order valence-electron chi connectivity index (χ1n) is 6.73. The number of rotatable bonds is 2. The van der Waals surface area contributed by atoms with E-state index in [9.17, 15) is 9.59 Å². The SMILES string of the molecule is O=C1[C@@H]2C3C=CC(C3)[C@@H]2C(=O)N1Nc1cccc(Cl)c1. The second-order valence-electron chi connectivity index (χ2n) is 5.63. The Kier molecular flexibility index (Phi) is 2.45.